The average Bonchev–Trinajstić information content (AvgIpc) is 3.02. The predicted molar refractivity (Wildman–Crippen MR) is 138 cm³/mol. The summed E-state index contributed by atoms with van der Waals surface area (Å²) >= 11 is 18.9. The van der Waals surface area contributed by atoms with Crippen LogP contribution in [-0.4, -0.2) is 9.55 Å². The lowest BCUT2D eigenvalue weighted by molar-refractivity contribution is 0.807. The normalized spacial score (nSPS) is 11.2. The summed E-state index contributed by atoms with van der Waals surface area (Å²) < 4.78 is 2.17. The molecule has 0 fully saturated rings. The molecule has 0 aliphatic rings. The maximum atomic E-state index is 5.98. The lowest BCUT2D eigenvalue weighted by Gasteiger charge is -2.09. The van der Waals surface area contributed by atoms with Gasteiger partial charge in [-0.2, -0.15) is 0 Å². The maximum Gasteiger partial charge on any atom is 0.110 e. The number of aryl methyl sites for hydroxylation is 1. The van der Waals surface area contributed by atoms with E-state index in [1.807, 2.05) is 37.3 Å². The molecule has 0 radical (unpaired) electrons. The van der Waals surface area contributed by atoms with Crippen LogP contribution in [0.15, 0.2) is 59.6 Å². The molecule has 1 aromatic heterocycles. The summed E-state index contributed by atoms with van der Waals surface area (Å²) in [6.07, 6.45) is 5.14. The Hall–Kier alpha value is -1.59. The summed E-state index contributed by atoms with van der Waals surface area (Å²) in [5.41, 5.74) is 9.11. The standard InChI is InChI=1S/C18H24ClN3S.C6H4Cl2/c1-4-5-6-17(11-20)23-12-18-13(2)22(14(3)21-18)16-9-7-15(19)8-10-16;7-5-2-1-3-6(8)4-5/h7-11H,4-6,12,20H2,1-3H3;1-4H/b17-11-;. The third-order valence-electron chi connectivity index (χ3n) is 4.60. The van der Waals surface area contributed by atoms with E-state index in [2.05, 4.69) is 18.4 Å². The van der Waals surface area contributed by atoms with Gasteiger partial charge in [-0.15, -0.1) is 11.8 Å². The summed E-state index contributed by atoms with van der Waals surface area (Å²) in [6.45, 7) is 6.34. The van der Waals surface area contributed by atoms with Crippen LogP contribution in [-0.2, 0) is 5.75 Å². The number of imidazole rings is 1. The first-order valence-electron chi connectivity index (χ1n) is 10.1. The van der Waals surface area contributed by atoms with Crippen molar-refractivity contribution in [1.29, 1.82) is 0 Å². The lowest BCUT2D eigenvalue weighted by atomic mass is 10.2. The van der Waals surface area contributed by atoms with Crippen molar-refractivity contribution in [1.82, 2.24) is 9.55 Å². The van der Waals surface area contributed by atoms with E-state index in [0.29, 0.717) is 10.0 Å². The van der Waals surface area contributed by atoms with E-state index in [9.17, 15) is 0 Å². The van der Waals surface area contributed by atoms with Gasteiger partial charge in [0.05, 0.1) is 5.69 Å². The summed E-state index contributed by atoms with van der Waals surface area (Å²) in [5, 5.41) is 2.10. The van der Waals surface area contributed by atoms with Crippen molar-refractivity contribution in [3.05, 3.63) is 91.9 Å². The van der Waals surface area contributed by atoms with Crippen molar-refractivity contribution < 1.29 is 0 Å². The minimum Gasteiger partial charge on any atom is -0.404 e. The van der Waals surface area contributed by atoms with Gasteiger partial charge in [0.2, 0.25) is 0 Å². The molecule has 0 aliphatic heterocycles. The van der Waals surface area contributed by atoms with Gasteiger partial charge in [0, 0.05) is 43.3 Å². The van der Waals surface area contributed by atoms with Gasteiger partial charge < -0.3 is 10.3 Å². The van der Waals surface area contributed by atoms with E-state index in [4.69, 9.17) is 45.5 Å². The largest absolute Gasteiger partial charge is 0.404 e. The SMILES string of the molecule is CCCC/C(=C/N)SCc1nc(C)n(-c2ccc(Cl)cc2)c1C.Clc1cccc(Cl)c1. The van der Waals surface area contributed by atoms with E-state index in [1.165, 1.54) is 23.4 Å². The van der Waals surface area contributed by atoms with Gasteiger partial charge in [-0.3, -0.25) is 0 Å². The zero-order valence-electron chi connectivity index (χ0n) is 18.0. The predicted octanol–water partition coefficient (Wildman–Crippen LogP) is 8.36. The molecule has 0 spiro atoms. The number of hydrogen-bond donors (Lipinski definition) is 1. The summed E-state index contributed by atoms with van der Waals surface area (Å²) in [5.74, 6) is 1.84. The van der Waals surface area contributed by atoms with Gasteiger partial charge >= 0.3 is 0 Å². The molecule has 3 rings (SSSR count). The molecule has 31 heavy (non-hydrogen) atoms. The number of benzene rings is 2. The fraction of sp³-hybridized carbons (Fsp3) is 0.292. The van der Waals surface area contributed by atoms with Gasteiger partial charge in [-0.1, -0.05) is 54.2 Å². The van der Waals surface area contributed by atoms with Crippen LogP contribution in [0.5, 0.6) is 0 Å². The minimum absolute atomic E-state index is 0.678. The van der Waals surface area contributed by atoms with Crippen molar-refractivity contribution in [2.24, 2.45) is 5.73 Å². The number of nitrogens with zero attached hydrogens (tertiary/aromatic N) is 2. The highest BCUT2D eigenvalue weighted by molar-refractivity contribution is 8.02. The van der Waals surface area contributed by atoms with Crippen LogP contribution in [0.2, 0.25) is 15.1 Å². The van der Waals surface area contributed by atoms with E-state index in [1.54, 1.807) is 36.2 Å². The molecule has 0 bridgehead atoms. The van der Waals surface area contributed by atoms with E-state index >= 15 is 0 Å². The van der Waals surface area contributed by atoms with Crippen molar-refractivity contribution in [3.8, 4) is 5.69 Å². The molecule has 0 aliphatic carbocycles. The minimum atomic E-state index is 0.678. The van der Waals surface area contributed by atoms with Crippen molar-refractivity contribution >= 4 is 46.6 Å². The van der Waals surface area contributed by atoms with Crippen LogP contribution in [0.4, 0.5) is 0 Å². The Labute approximate surface area is 204 Å². The molecular formula is C24H28Cl3N3S. The molecule has 0 atom stereocenters. The number of halogens is 3. The van der Waals surface area contributed by atoms with Gasteiger partial charge in [0.25, 0.3) is 0 Å². The highest BCUT2D eigenvalue weighted by Crippen LogP contribution is 2.28. The highest BCUT2D eigenvalue weighted by Gasteiger charge is 2.13. The van der Waals surface area contributed by atoms with Gasteiger partial charge in [-0.05, 0) is 69.2 Å². The van der Waals surface area contributed by atoms with Crippen LogP contribution in [0.1, 0.15) is 43.4 Å². The summed E-state index contributed by atoms with van der Waals surface area (Å²) in [6, 6.07) is 14.9. The van der Waals surface area contributed by atoms with Crippen LogP contribution in [0, 0.1) is 13.8 Å². The Morgan fingerprint density at radius 2 is 1.68 bits per heavy atom. The number of thioether (sulfide) groups is 1. The first kappa shape index (κ1) is 25.7. The number of rotatable bonds is 7. The second-order valence-corrected chi connectivity index (χ2v) is 9.38. The van der Waals surface area contributed by atoms with Crippen molar-refractivity contribution in [2.75, 3.05) is 0 Å². The zero-order valence-corrected chi connectivity index (χ0v) is 21.1. The Balaban J connectivity index is 0.000000357. The Kier molecular flexibility index (Phi) is 10.8. The lowest BCUT2D eigenvalue weighted by Crippen LogP contribution is -1.99. The Morgan fingerprint density at radius 3 is 2.19 bits per heavy atom. The monoisotopic (exact) mass is 495 g/mol. The van der Waals surface area contributed by atoms with Crippen LogP contribution in [0.3, 0.4) is 0 Å². The average molecular weight is 497 g/mol. The Morgan fingerprint density at radius 1 is 1.03 bits per heavy atom. The third kappa shape index (κ3) is 8.12. The second-order valence-electron chi connectivity index (χ2n) is 6.97. The first-order chi connectivity index (χ1) is 14.8. The number of unbranched alkanes of at least 4 members (excludes halogenated alkanes) is 1. The van der Waals surface area contributed by atoms with Gasteiger partial charge in [0.1, 0.15) is 5.82 Å². The van der Waals surface area contributed by atoms with Crippen LogP contribution in [0.25, 0.3) is 5.69 Å². The van der Waals surface area contributed by atoms with Crippen LogP contribution < -0.4 is 5.73 Å². The molecule has 0 amide bonds. The fourth-order valence-corrected chi connectivity index (χ4v) is 4.52. The van der Waals surface area contributed by atoms with Gasteiger partial charge in [0.15, 0.2) is 0 Å². The van der Waals surface area contributed by atoms with Crippen molar-refractivity contribution in [3.63, 3.8) is 0 Å². The molecule has 3 aromatic rings. The van der Waals surface area contributed by atoms with Gasteiger partial charge in [-0.25, -0.2) is 4.98 Å². The molecule has 0 saturated heterocycles. The molecule has 3 nitrogen and oxygen atoms in total. The van der Waals surface area contributed by atoms with E-state index < -0.39 is 0 Å². The molecule has 7 heteroatoms. The topological polar surface area (TPSA) is 43.8 Å². The Bertz CT molecular complexity index is 981. The number of aromatic nitrogens is 2. The van der Waals surface area contributed by atoms with Crippen molar-refractivity contribution in [2.45, 2.75) is 45.8 Å². The summed E-state index contributed by atoms with van der Waals surface area (Å²) in [7, 11) is 0. The zero-order chi connectivity index (χ0) is 22.8. The fourth-order valence-electron chi connectivity index (χ4n) is 2.98. The molecule has 0 unspecified atom stereocenters. The van der Waals surface area contributed by atoms with E-state index in [0.717, 1.165) is 34.4 Å². The molecule has 1 heterocycles. The van der Waals surface area contributed by atoms with Crippen LogP contribution >= 0.6 is 46.6 Å². The number of hydrogen-bond acceptors (Lipinski definition) is 3. The highest BCUT2D eigenvalue weighted by atomic mass is 35.5. The molecule has 2 aromatic carbocycles. The number of nitrogens with two attached hydrogens (primary N) is 1. The second kappa shape index (κ2) is 13.1. The smallest absolute Gasteiger partial charge is 0.110 e. The molecular weight excluding hydrogens is 469 g/mol. The van der Waals surface area contributed by atoms with E-state index in [-0.39, 0.29) is 0 Å². The quantitative estimate of drug-likeness (QED) is 0.357. The third-order valence-corrected chi connectivity index (χ3v) is 6.45. The molecule has 2 N–H and O–H groups in total. The maximum absolute atomic E-state index is 5.98. The first-order valence-corrected chi connectivity index (χ1v) is 12.2. The molecule has 0 saturated carbocycles. The molecule has 166 valence electrons. The summed E-state index contributed by atoms with van der Waals surface area (Å²) in [4.78, 5) is 5.98. The number of allylic oxidation sites excluding steroid dienone is 1.